The Balaban J connectivity index is 1.57. The van der Waals surface area contributed by atoms with Crippen molar-refractivity contribution in [2.24, 2.45) is 5.14 Å². The Labute approximate surface area is 185 Å². The van der Waals surface area contributed by atoms with Gasteiger partial charge in [-0.15, -0.1) is 10.2 Å². The lowest BCUT2D eigenvalue weighted by molar-refractivity contribution is -0.277. The molecule has 1 aliphatic rings. The van der Waals surface area contributed by atoms with E-state index in [0.29, 0.717) is 17.0 Å². The van der Waals surface area contributed by atoms with Crippen molar-refractivity contribution in [2.45, 2.75) is 35.0 Å². The van der Waals surface area contributed by atoms with Crippen LogP contribution in [0, 0.1) is 0 Å². The van der Waals surface area contributed by atoms with Crippen molar-refractivity contribution in [3.8, 4) is 5.75 Å². The highest BCUT2D eigenvalue weighted by Crippen LogP contribution is 2.25. The number of hydrogen-bond donors (Lipinski definition) is 7. The van der Waals surface area contributed by atoms with Gasteiger partial charge in [0.1, 0.15) is 30.2 Å². The number of aliphatic hydroxyl groups excluding tert-OH is 4. The zero-order valence-electron chi connectivity index (χ0n) is 15.5. The average Bonchev–Trinajstić information content (AvgIpc) is 3.18. The van der Waals surface area contributed by atoms with Crippen LogP contribution in [-0.2, 0) is 14.8 Å². The highest BCUT2D eigenvalue weighted by Gasteiger charge is 2.44. The fourth-order valence-corrected chi connectivity index (χ4v) is 4.17. The maximum Gasteiger partial charge on any atom is 0.267 e. The second-order valence-corrected chi connectivity index (χ2v) is 9.46. The number of rotatable bonds is 6. The molecular weight excluding hydrogens is 474 g/mol. The number of ether oxygens (including phenoxy) is 2. The van der Waals surface area contributed by atoms with Gasteiger partial charge < -0.3 is 40.5 Å². The Morgan fingerprint density at radius 3 is 2.42 bits per heavy atom. The maximum atomic E-state index is 11.2. The van der Waals surface area contributed by atoms with E-state index >= 15 is 0 Å². The quantitative estimate of drug-likeness (QED) is 0.221. The molecule has 1 saturated heterocycles. The van der Waals surface area contributed by atoms with Gasteiger partial charge in [0, 0.05) is 5.69 Å². The van der Waals surface area contributed by atoms with Crippen LogP contribution in [0.25, 0.3) is 0 Å². The number of thiocarbonyl (C=S) groups is 1. The fraction of sp³-hybridized carbons (Fsp3) is 0.400. The molecule has 1 aliphatic heterocycles. The standard InChI is InChI=1S/C15H19N5O8S3/c16-31(25,26)15-20-19-14(30-15)18-13(29)17-6-1-3-7(4-2-6)27-12-11(24)10(23)9(22)8(5-21)28-12/h1-4,8-12,21-24H,5H2,(H2,16,25,26)(H2,17,18,19,29)/t8-,9-,10+,11+,12+/m1/s1. The number of nitrogens with one attached hydrogen (secondary N) is 2. The third kappa shape index (κ3) is 5.82. The van der Waals surface area contributed by atoms with Crippen molar-refractivity contribution in [2.75, 3.05) is 17.2 Å². The molecule has 0 aliphatic carbocycles. The molecule has 170 valence electrons. The molecule has 1 fully saturated rings. The van der Waals surface area contributed by atoms with Crippen LogP contribution in [0.1, 0.15) is 0 Å². The smallest absolute Gasteiger partial charge is 0.267 e. The van der Waals surface area contributed by atoms with Gasteiger partial charge in [-0.1, -0.05) is 11.3 Å². The summed E-state index contributed by atoms with van der Waals surface area (Å²) < 4.78 is 32.9. The molecule has 2 heterocycles. The third-order valence-corrected chi connectivity index (χ3v) is 6.44. The monoisotopic (exact) mass is 493 g/mol. The number of anilines is 2. The zero-order valence-corrected chi connectivity index (χ0v) is 18.0. The zero-order chi connectivity index (χ0) is 22.8. The van der Waals surface area contributed by atoms with Crippen LogP contribution < -0.4 is 20.5 Å². The molecule has 0 radical (unpaired) electrons. The van der Waals surface area contributed by atoms with Gasteiger partial charge in [0.2, 0.25) is 15.8 Å². The lowest BCUT2D eigenvalue weighted by Crippen LogP contribution is -2.60. The Morgan fingerprint density at radius 2 is 1.84 bits per heavy atom. The molecule has 3 rings (SSSR count). The summed E-state index contributed by atoms with van der Waals surface area (Å²) in [4.78, 5) is 0. The number of nitrogens with zero attached hydrogens (tertiary/aromatic N) is 2. The summed E-state index contributed by atoms with van der Waals surface area (Å²) in [6.45, 7) is -0.564. The molecular formula is C15H19N5O8S3. The van der Waals surface area contributed by atoms with Gasteiger partial charge in [-0.25, -0.2) is 13.6 Å². The van der Waals surface area contributed by atoms with E-state index in [4.69, 9.17) is 26.8 Å². The van der Waals surface area contributed by atoms with E-state index in [1.54, 1.807) is 12.1 Å². The van der Waals surface area contributed by atoms with Gasteiger partial charge >= 0.3 is 0 Å². The third-order valence-electron chi connectivity index (χ3n) is 4.08. The lowest BCUT2D eigenvalue weighted by Gasteiger charge is -2.39. The van der Waals surface area contributed by atoms with Crippen LogP contribution in [0.3, 0.4) is 0 Å². The van der Waals surface area contributed by atoms with Gasteiger partial charge in [0.15, 0.2) is 5.11 Å². The lowest BCUT2D eigenvalue weighted by atomic mass is 9.99. The largest absolute Gasteiger partial charge is 0.462 e. The predicted octanol–water partition coefficient (Wildman–Crippen LogP) is -1.83. The van der Waals surface area contributed by atoms with Crippen molar-refractivity contribution in [1.29, 1.82) is 0 Å². The number of hydrogen-bond acceptors (Lipinski definition) is 12. The van der Waals surface area contributed by atoms with E-state index in [-0.39, 0.29) is 20.3 Å². The first-order valence-corrected chi connectivity index (χ1v) is 11.4. The highest BCUT2D eigenvalue weighted by atomic mass is 32.2. The number of benzene rings is 1. The molecule has 0 bridgehead atoms. The van der Waals surface area contributed by atoms with Crippen LogP contribution in [-0.4, -0.2) is 81.5 Å². The van der Waals surface area contributed by atoms with E-state index < -0.39 is 47.3 Å². The van der Waals surface area contributed by atoms with Crippen molar-refractivity contribution in [3.63, 3.8) is 0 Å². The molecule has 13 nitrogen and oxygen atoms in total. The van der Waals surface area contributed by atoms with E-state index in [0.717, 1.165) is 0 Å². The van der Waals surface area contributed by atoms with Crippen LogP contribution in [0.2, 0.25) is 0 Å². The van der Waals surface area contributed by atoms with Gasteiger partial charge in [0.05, 0.1) is 6.61 Å². The topological polar surface area (TPSA) is 209 Å². The maximum absolute atomic E-state index is 11.2. The minimum absolute atomic E-state index is 0.111. The SMILES string of the molecule is NS(=O)(=O)c1nnc(NC(=S)Nc2ccc(O[C@H]3O[C@H](CO)[C@@H](O)[C@H](O)[C@@H]3O)cc2)s1. The number of aliphatic hydroxyl groups is 4. The Hall–Kier alpha value is -2.02. The summed E-state index contributed by atoms with van der Waals surface area (Å²) in [5.74, 6) is 0.274. The molecule has 1 aromatic carbocycles. The number of nitrogens with two attached hydrogens (primary N) is 1. The fourth-order valence-electron chi connectivity index (χ4n) is 2.55. The van der Waals surface area contributed by atoms with E-state index in [9.17, 15) is 28.8 Å². The summed E-state index contributed by atoms with van der Waals surface area (Å²) in [7, 11) is -3.95. The molecule has 0 saturated carbocycles. The Bertz CT molecular complexity index is 1020. The van der Waals surface area contributed by atoms with Gasteiger partial charge in [0.25, 0.3) is 10.0 Å². The van der Waals surface area contributed by atoms with E-state index in [2.05, 4.69) is 20.8 Å². The summed E-state index contributed by atoms with van der Waals surface area (Å²) in [6, 6.07) is 6.22. The summed E-state index contributed by atoms with van der Waals surface area (Å²) in [6.07, 6.45) is -6.93. The van der Waals surface area contributed by atoms with Crippen LogP contribution in [0.5, 0.6) is 5.75 Å². The van der Waals surface area contributed by atoms with Crippen molar-refractivity contribution in [1.82, 2.24) is 10.2 Å². The molecule has 31 heavy (non-hydrogen) atoms. The molecule has 5 atom stereocenters. The average molecular weight is 494 g/mol. The van der Waals surface area contributed by atoms with Crippen LogP contribution in [0.4, 0.5) is 10.8 Å². The van der Waals surface area contributed by atoms with E-state index in [1.165, 1.54) is 12.1 Å². The van der Waals surface area contributed by atoms with Crippen LogP contribution >= 0.6 is 23.6 Å². The normalized spacial score (nSPS) is 26.3. The summed E-state index contributed by atoms with van der Waals surface area (Å²) >= 11 is 5.84. The number of primary sulfonamides is 1. The second-order valence-electron chi connectivity index (χ2n) is 6.34. The predicted molar refractivity (Wildman–Crippen MR) is 112 cm³/mol. The molecule has 2 aromatic rings. The van der Waals surface area contributed by atoms with Gasteiger partial charge in [-0.3, -0.25) is 0 Å². The first-order valence-electron chi connectivity index (χ1n) is 8.60. The Morgan fingerprint density at radius 1 is 1.16 bits per heavy atom. The highest BCUT2D eigenvalue weighted by molar-refractivity contribution is 7.91. The Kier molecular flexibility index (Phi) is 7.35. The van der Waals surface area contributed by atoms with Crippen molar-refractivity contribution >= 4 is 49.5 Å². The molecule has 0 unspecified atom stereocenters. The first-order chi connectivity index (χ1) is 14.6. The minimum Gasteiger partial charge on any atom is -0.462 e. The van der Waals surface area contributed by atoms with E-state index in [1.807, 2.05) is 0 Å². The van der Waals surface area contributed by atoms with Gasteiger partial charge in [-0.2, -0.15) is 0 Å². The molecule has 8 N–H and O–H groups in total. The number of sulfonamides is 1. The second kappa shape index (κ2) is 9.63. The van der Waals surface area contributed by atoms with Gasteiger partial charge in [-0.05, 0) is 36.5 Å². The summed E-state index contributed by atoms with van der Waals surface area (Å²) in [5.41, 5.74) is 0.537. The van der Waals surface area contributed by atoms with Crippen LogP contribution in [0.15, 0.2) is 28.6 Å². The molecule has 0 amide bonds. The van der Waals surface area contributed by atoms with Crippen molar-refractivity contribution < 1.29 is 38.3 Å². The first kappa shape index (κ1) is 23.6. The molecule has 1 aromatic heterocycles. The molecule has 0 spiro atoms. The summed E-state index contributed by atoms with van der Waals surface area (Å²) in [5, 5.41) is 56.6. The minimum atomic E-state index is -3.95. The number of aromatic nitrogens is 2. The van der Waals surface area contributed by atoms with Crippen molar-refractivity contribution in [3.05, 3.63) is 24.3 Å². The molecule has 16 heteroatoms.